The zero-order valence-corrected chi connectivity index (χ0v) is 9.81. The second kappa shape index (κ2) is 5.51. The molecule has 0 saturated heterocycles. The van der Waals surface area contributed by atoms with Crippen molar-refractivity contribution in [1.29, 1.82) is 0 Å². The molecule has 0 bridgehead atoms. The van der Waals surface area contributed by atoms with E-state index in [9.17, 15) is 4.79 Å². The molecule has 90 valence electrons. The van der Waals surface area contributed by atoms with Crippen LogP contribution in [0.1, 0.15) is 18.4 Å². The van der Waals surface area contributed by atoms with Gasteiger partial charge in [-0.2, -0.15) is 0 Å². The van der Waals surface area contributed by atoms with Gasteiger partial charge in [-0.1, -0.05) is 6.07 Å². The van der Waals surface area contributed by atoms with E-state index in [4.69, 9.17) is 9.47 Å². The Morgan fingerprint density at radius 2 is 2.24 bits per heavy atom. The van der Waals surface area contributed by atoms with Gasteiger partial charge in [-0.3, -0.25) is 0 Å². The molecule has 0 radical (unpaired) electrons. The number of benzene rings is 1. The summed E-state index contributed by atoms with van der Waals surface area (Å²) in [5, 5.41) is 0. The summed E-state index contributed by atoms with van der Waals surface area (Å²) in [6.45, 7) is 1.06. The third kappa shape index (κ3) is 3.33. The van der Waals surface area contributed by atoms with Crippen molar-refractivity contribution in [3.63, 3.8) is 0 Å². The van der Waals surface area contributed by atoms with E-state index in [2.05, 4.69) is 4.99 Å². The molecule has 0 N–H and O–H groups in total. The molecule has 0 unspecified atom stereocenters. The van der Waals surface area contributed by atoms with Crippen molar-refractivity contribution in [1.82, 2.24) is 0 Å². The molecule has 1 aliphatic rings. The van der Waals surface area contributed by atoms with Crippen molar-refractivity contribution in [3.05, 3.63) is 23.8 Å². The lowest BCUT2D eigenvalue weighted by Gasteiger charge is -2.11. The van der Waals surface area contributed by atoms with Crippen LogP contribution < -0.4 is 9.47 Å². The molecule has 0 spiro atoms. The largest absolute Gasteiger partial charge is 0.493 e. The summed E-state index contributed by atoms with van der Waals surface area (Å²) in [7, 11) is 1.61. The number of hydrogen-bond acceptors (Lipinski definition) is 4. The highest BCUT2D eigenvalue weighted by Gasteiger charge is 2.22. The first-order chi connectivity index (χ1) is 8.33. The Balaban J connectivity index is 2.09. The van der Waals surface area contributed by atoms with E-state index >= 15 is 0 Å². The van der Waals surface area contributed by atoms with Gasteiger partial charge in [-0.05, 0) is 36.5 Å². The van der Waals surface area contributed by atoms with Gasteiger partial charge < -0.3 is 9.47 Å². The van der Waals surface area contributed by atoms with E-state index in [1.807, 2.05) is 18.2 Å². The Morgan fingerprint density at radius 1 is 1.41 bits per heavy atom. The SMILES string of the molecule is COc1ccc(CN=C=O)cc1OCC1CC1. The Morgan fingerprint density at radius 3 is 2.88 bits per heavy atom. The summed E-state index contributed by atoms with van der Waals surface area (Å²) in [5.74, 6) is 2.12. The van der Waals surface area contributed by atoms with Crippen molar-refractivity contribution in [2.75, 3.05) is 13.7 Å². The van der Waals surface area contributed by atoms with E-state index in [0.29, 0.717) is 18.2 Å². The van der Waals surface area contributed by atoms with Gasteiger partial charge in [0.15, 0.2) is 11.5 Å². The Bertz CT molecular complexity index is 434. The van der Waals surface area contributed by atoms with Crippen molar-refractivity contribution >= 4 is 6.08 Å². The first-order valence-corrected chi connectivity index (χ1v) is 5.67. The molecule has 1 aromatic rings. The summed E-state index contributed by atoms with van der Waals surface area (Å²) in [4.78, 5) is 13.6. The normalized spacial score (nSPS) is 13.9. The molecule has 4 nitrogen and oxygen atoms in total. The third-order valence-electron chi connectivity index (χ3n) is 2.73. The third-order valence-corrected chi connectivity index (χ3v) is 2.73. The molecule has 0 aromatic heterocycles. The van der Waals surface area contributed by atoms with Gasteiger partial charge in [-0.15, -0.1) is 0 Å². The minimum absolute atomic E-state index is 0.327. The predicted octanol–water partition coefficient (Wildman–Crippen LogP) is 2.32. The van der Waals surface area contributed by atoms with Crippen LogP contribution in [0.3, 0.4) is 0 Å². The average Bonchev–Trinajstić information content (AvgIpc) is 3.18. The minimum Gasteiger partial charge on any atom is -0.493 e. The zero-order chi connectivity index (χ0) is 12.1. The van der Waals surface area contributed by atoms with Gasteiger partial charge in [0, 0.05) is 0 Å². The van der Waals surface area contributed by atoms with E-state index < -0.39 is 0 Å². The molecule has 0 atom stereocenters. The van der Waals surface area contributed by atoms with Gasteiger partial charge in [0.05, 0.1) is 20.3 Å². The summed E-state index contributed by atoms with van der Waals surface area (Å²) < 4.78 is 10.9. The topological polar surface area (TPSA) is 47.9 Å². The summed E-state index contributed by atoms with van der Waals surface area (Å²) >= 11 is 0. The zero-order valence-electron chi connectivity index (χ0n) is 9.81. The van der Waals surface area contributed by atoms with Crippen LogP contribution in [-0.2, 0) is 11.3 Å². The summed E-state index contributed by atoms with van der Waals surface area (Å²) in [6.07, 6.45) is 4.02. The fourth-order valence-corrected chi connectivity index (χ4v) is 1.55. The lowest BCUT2D eigenvalue weighted by atomic mass is 10.2. The van der Waals surface area contributed by atoms with Gasteiger partial charge in [0.1, 0.15) is 0 Å². The lowest BCUT2D eigenvalue weighted by molar-refractivity contribution is 0.280. The standard InChI is InChI=1S/C13H15NO3/c1-16-12-5-4-11(7-14-9-15)6-13(12)17-8-10-2-3-10/h4-6,10H,2-3,7-8H2,1H3. The van der Waals surface area contributed by atoms with Crippen LogP contribution in [0, 0.1) is 5.92 Å². The number of hydrogen-bond donors (Lipinski definition) is 0. The number of ether oxygens (including phenoxy) is 2. The maximum Gasteiger partial charge on any atom is 0.235 e. The van der Waals surface area contributed by atoms with Crippen molar-refractivity contribution < 1.29 is 14.3 Å². The maximum atomic E-state index is 10.1. The highest BCUT2D eigenvalue weighted by molar-refractivity contribution is 5.43. The molecule has 1 aliphatic carbocycles. The molecular formula is C13H15NO3. The number of aliphatic imine (C=N–C) groups is 1. The molecule has 0 heterocycles. The van der Waals surface area contributed by atoms with E-state index in [1.165, 1.54) is 18.9 Å². The quantitative estimate of drug-likeness (QED) is 0.559. The van der Waals surface area contributed by atoms with Crippen LogP contribution in [0.25, 0.3) is 0 Å². The number of methoxy groups -OCH3 is 1. The smallest absolute Gasteiger partial charge is 0.235 e. The fraction of sp³-hybridized carbons (Fsp3) is 0.462. The Labute approximate surface area is 100 Å². The van der Waals surface area contributed by atoms with Gasteiger partial charge in [-0.25, -0.2) is 9.79 Å². The molecule has 1 fully saturated rings. The van der Waals surface area contributed by atoms with Crippen LogP contribution >= 0.6 is 0 Å². The van der Waals surface area contributed by atoms with Crippen molar-refractivity contribution in [2.24, 2.45) is 10.9 Å². The molecular weight excluding hydrogens is 218 g/mol. The van der Waals surface area contributed by atoms with Crippen LogP contribution in [0.4, 0.5) is 0 Å². The monoisotopic (exact) mass is 233 g/mol. The molecule has 1 aromatic carbocycles. The van der Waals surface area contributed by atoms with Crippen LogP contribution in [0.5, 0.6) is 11.5 Å². The molecule has 17 heavy (non-hydrogen) atoms. The predicted molar refractivity (Wildman–Crippen MR) is 63.0 cm³/mol. The van der Waals surface area contributed by atoms with Gasteiger partial charge >= 0.3 is 0 Å². The van der Waals surface area contributed by atoms with Crippen LogP contribution in [-0.4, -0.2) is 19.8 Å². The second-order valence-corrected chi connectivity index (χ2v) is 4.15. The van der Waals surface area contributed by atoms with Crippen molar-refractivity contribution in [3.8, 4) is 11.5 Å². The highest BCUT2D eigenvalue weighted by Crippen LogP contribution is 2.33. The van der Waals surface area contributed by atoms with Gasteiger partial charge in [0.25, 0.3) is 0 Å². The average molecular weight is 233 g/mol. The highest BCUT2D eigenvalue weighted by atomic mass is 16.5. The summed E-state index contributed by atoms with van der Waals surface area (Å²) in [6, 6.07) is 5.56. The first-order valence-electron chi connectivity index (χ1n) is 5.67. The Hall–Kier alpha value is -1.80. The molecule has 2 rings (SSSR count). The molecule has 4 heteroatoms. The number of isocyanates is 1. The molecule has 0 amide bonds. The van der Waals surface area contributed by atoms with E-state index in [-0.39, 0.29) is 0 Å². The number of carbonyl (C=O) groups excluding carboxylic acids is 1. The van der Waals surface area contributed by atoms with E-state index in [1.54, 1.807) is 7.11 Å². The van der Waals surface area contributed by atoms with Crippen molar-refractivity contribution in [2.45, 2.75) is 19.4 Å². The second-order valence-electron chi connectivity index (χ2n) is 4.15. The Kier molecular flexibility index (Phi) is 3.78. The number of rotatable bonds is 6. The van der Waals surface area contributed by atoms with Gasteiger partial charge in [0.2, 0.25) is 6.08 Å². The maximum absolute atomic E-state index is 10.1. The van der Waals surface area contributed by atoms with Crippen LogP contribution in [0.2, 0.25) is 0 Å². The fourth-order valence-electron chi connectivity index (χ4n) is 1.55. The summed E-state index contributed by atoms with van der Waals surface area (Å²) in [5.41, 5.74) is 0.917. The van der Waals surface area contributed by atoms with Crippen LogP contribution in [0.15, 0.2) is 23.2 Å². The first kappa shape index (κ1) is 11.7. The molecule has 0 aliphatic heterocycles. The molecule has 1 saturated carbocycles. The lowest BCUT2D eigenvalue weighted by Crippen LogP contribution is -2.01. The number of nitrogens with zero attached hydrogens (tertiary/aromatic N) is 1. The minimum atomic E-state index is 0.327. The van der Waals surface area contributed by atoms with E-state index in [0.717, 1.165) is 17.9 Å².